The minimum atomic E-state index is -0.0500. The van der Waals surface area contributed by atoms with Gasteiger partial charge >= 0.3 is 0 Å². The Bertz CT molecular complexity index is 679. The maximum atomic E-state index is 5.75. The van der Waals surface area contributed by atoms with Gasteiger partial charge in [0.05, 0.1) is 25.0 Å². The topological polar surface area (TPSA) is 88.5 Å². The number of nitrogens with one attached hydrogen (secondary N) is 2. The van der Waals surface area contributed by atoms with Crippen molar-refractivity contribution in [2.24, 2.45) is 4.99 Å². The molecule has 0 saturated carbocycles. The van der Waals surface area contributed by atoms with Crippen molar-refractivity contribution in [3.8, 4) is 0 Å². The molecule has 132 valence electrons. The molecule has 0 aliphatic carbocycles. The summed E-state index contributed by atoms with van der Waals surface area (Å²) in [4.78, 5) is 8.47. The molecule has 0 saturated heterocycles. The van der Waals surface area contributed by atoms with Crippen LogP contribution >= 0.6 is 0 Å². The van der Waals surface area contributed by atoms with Crippen LogP contribution in [0.3, 0.4) is 0 Å². The second kappa shape index (κ2) is 7.51. The summed E-state index contributed by atoms with van der Waals surface area (Å²) in [6, 6.07) is 1.95. The Balaban J connectivity index is 1.85. The van der Waals surface area contributed by atoms with Crippen LogP contribution in [0.5, 0.6) is 0 Å². The van der Waals surface area contributed by atoms with Crippen molar-refractivity contribution in [3.05, 3.63) is 35.4 Å². The first-order valence-electron chi connectivity index (χ1n) is 8.14. The van der Waals surface area contributed by atoms with Crippen molar-refractivity contribution >= 4 is 5.96 Å². The normalized spacial score (nSPS) is 12.7. The van der Waals surface area contributed by atoms with Crippen molar-refractivity contribution in [2.75, 3.05) is 7.05 Å². The molecule has 2 aromatic rings. The molecule has 0 amide bonds. The summed E-state index contributed by atoms with van der Waals surface area (Å²) in [5, 5.41) is 10.4. The van der Waals surface area contributed by atoms with Gasteiger partial charge in [0, 0.05) is 18.5 Å². The van der Waals surface area contributed by atoms with E-state index in [0.717, 1.165) is 17.2 Å². The Hall–Kier alpha value is -2.31. The summed E-state index contributed by atoms with van der Waals surface area (Å²) in [5.74, 6) is 3.26. The average molecular weight is 333 g/mol. The Morgan fingerprint density at radius 2 is 1.96 bits per heavy atom. The van der Waals surface area contributed by atoms with Crippen LogP contribution in [0.1, 0.15) is 63.6 Å². The molecule has 7 nitrogen and oxygen atoms in total. The van der Waals surface area contributed by atoms with Crippen molar-refractivity contribution < 1.29 is 8.94 Å². The maximum absolute atomic E-state index is 5.75. The van der Waals surface area contributed by atoms with Crippen molar-refractivity contribution in [3.63, 3.8) is 0 Å². The summed E-state index contributed by atoms with van der Waals surface area (Å²) in [6.45, 7) is 11.4. The van der Waals surface area contributed by atoms with Gasteiger partial charge in [-0.2, -0.15) is 0 Å². The number of aromatic nitrogens is 2. The quantitative estimate of drug-likeness (QED) is 0.646. The van der Waals surface area contributed by atoms with E-state index in [4.69, 9.17) is 8.94 Å². The summed E-state index contributed by atoms with van der Waals surface area (Å²) in [7, 11) is 1.71. The SMILES string of the molecule is CN=C(NCc1cc(C(C)C)no1)NCc1ncc(C(C)(C)C)o1. The highest BCUT2D eigenvalue weighted by Gasteiger charge is 2.19. The zero-order valence-corrected chi connectivity index (χ0v) is 15.3. The molecule has 0 unspecified atom stereocenters. The Morgan fingerprint density at radius 3 is 2.50 bits per heavy atom. The van der Waals surface area contributed by atoms with E-state index in [1.807, 2.05) is 6.07 Å². The highest BCUT2D eigenvalue weighted by Crippen LogP contribution is 2.22. The third-order valence-corrected chi connectivity index (χ3v) is 3.52. The van der Waals surface area contributed by atoms with E-state index in [-0.39, 0.29) is 5.41 Å². The summed E-state index contributed by atoms with van der Waals surface area (Å²) < 4.78 is 11.0. The average Bonchev–Trinajstić information content (AvgIpc) is 3.16. The molecular formula is C17H27N5O2. The second-order valence-electron chi connectivity index (χ2n) is 7.02. The molecule has 0 fully saturated rings. The lowest BCUT2D eigenvalue weighted by Crippen LogP contribution is -2.36. The van der Waals surface area contributed by atoms with E-state index in [2.05, 4.69) is 60.4 Å². The second-order valence-corrected chi connectivity index (χ2v) is 7.02. The predicted molar refractivity (Wildman–Crippen MR) is 92.8 cm³/mol. The molecule has 0 bridgehead atoms. The van der Waals surface area contributed by atoms with Gasteiger partial charge in [-0.15, -0.1) is 0 Å². The minimum Gasteiger partial charge on any atom is -0.443 e. The molecule has 0 radical (unpaired) electrons. The van der Waals surface area contributed by atoms with E-state index < -0.39 is 0 Å². The molecule has 0 aliphatic heterocycles. The standard InChI is InChI=1S/C17H27N5O2/c1-11(2)13-7-12(24-22-13)8-20-16(18-6)21-10-15-19-9-14(23-15)17(3,4)5/h7,9,11H,8,10H2,1-6H3,(H2,18,20,21). The predicted octanol–water partition coefficient (Wildman–Crippen LogP) is 2.95. The van der Waals surface area contributed by atoms with Crippen LogP contribution in [0.4, 0.5) is 0 Å². The molecule has 2 heterocycles. The van der Waals surface area contributed by atoms with E-state index >= 15 is 0 Å². The van der Waals surface area contributed by atoms with Crippen LogP contribution in [0.2, 0.25) is 0 Å². The molecule has 0 spiro atoms. The van der Waals surface area contributed by atoms with Gasteiger partial charge < -0.3 is 19.6 Å². The number of hydrogen-bond donors (Lipinski definition) is 2. The van der Waals surface area contributed by atoms with E-state index in [1.54, 1.807) is 13.2 Å². The highest BCUT2D eigenvalue weighted by molar-refractivity contribution is 5.79. The molecule has 0 atom stereocenters. The smallest absolute Gasteiger partial charge is 0.213 e. The molecule has 0 aromatic carbocycles. The maximum Gasteiger partial charge on any atom is 0.213 e. The molecule has 2 aromatic heterocycles. The van der Waals surface area contributed by atoms with Gasteiger partial charge in [-0.05, 0) is 5.92 Å². The Kier molecular flexibility index (Phi) is 5.64. The fourth-order valence-corrected chi connectivity index (χ4v) is 1.97. The molecular weight excluding hydrogens is 306 g/mol. The van der Waals surface area contributed by atoms with E-state index in [0.29, 0.717) is 30.9 Å². The zero-order chi connectivity index (χ0) is 17.7. The lowest BCUT2D eigenvalue weighted by molar-refractivity contribution is 0.370. The van der Waals surface area contributed by atoms with Crippen LogP contribution in [-0.2, 0) is 18.5 Å². The van der Waals surface area contributed by atoms with Crippen molar-refractivity contribution in [2.45, 2.75) is 59.0 Å². The van der Waals surface area contributed by atoms with Gasteiger partial charge in [-0.1, -0.05) is 39.8 Å². The number of rotatable bonds is 5. The van der Waals surface area contributed by atoms with Gasteiger partial charge in [0.2, 0.25) is 5.89 Å². The molecule has 0 aliphatic rings. The van der Waals surface area contributed by atoms with Crippen molar-refractivity contribution in [1.29, 1.82) is 0 Å². The summed E-state index contributed by atoms with van der Waals surface area (Å²) in [6.07, 6.45) is 1.77. The third kappa shape index (κ3) is 4.84. The highest BCUT2D eigenvalue weighted by atomic mass is 16.5. The monoisotopic (exact) mass is 333 g/mol. The van der Waals surface area contributed by atoms with Crippen LogP contribution in [0.25, 0.3) is 0 Å². The number of aliphatic imine (C=N–C) groups is 1. The number of nitrogens with zero attached hydrogens (tertiary/aromatic N) is 3. The summed E-state index contributed by atoms with van der Waals surface area (Å²) in [5.41, 5.74) is 0.898. The fourth-order valence-electron chi connectivity index (χ4n) is 1.97. The number of hydrogen-bond acceptors (Lipinski definition) is 5. The first-order valence-corrected chi connectivity index (χ1v) is 8.14. The molecule has 2 N–H and O–H groups in total. The number of guanidine groups is 1. The number of oxazole rings is 1. The third-order valence-electron chi connectivity index (χ3n) is 3.52. The largest absolute Gasteiger partial charge is 0.443 e. The molecule has 24 heavy (non-hydrogen) atoms. The first kappa shape index (κ1) is 18.0. The summed E-state index contributed by atoms with van der Waals surface area (Å²) >= 11 is 0. The Labute approximate surface area is 142 Å². The zero-order valence-electron chi connectivity index (χ0n) is 15.3. The van der Waals surface area contributed by atoms with Crippen LogP contribution in [-0.4, -0.2) is 23.1 Å². The van der Waals surface area contributed by atoms with Crippen LogP contribution in [0, 0.1) is 0 Å². The van der Waals surface area contributed by atoms with Crippen LogP contribution in [0.15, 0.2) is 26.2 Å². The minimum absolute atomic E-state index is 0.0500. The molecule has 2 rings (SSSR count). The van der Waals surface area contributed by atoms with Crippen LogP contribution < -0.4 is 10.6 Å². The van der Waals surface area contributed by atoms with Gasteiger partial charge in [0.15, 0.2) is 11.7 Å². The fraction of sp³-hybridized carbons (Fsp3) is 0.588. The Morgan fingerprint density at radius 1 is 1.25 bits per heavy atom. The van der Waals surface area contributed by atoms with Gasteiger partial charge in [0.1, 0.15) is 5.76 Å². The lowest BCUT2D eigenvalue weighted by Gasteiger charge is -2.13. The van der Waals surface area contributed by atoms with Crippen molar-refractivity contribution in [1.82, 2.24) is 20.8 Å². The van der Waals surface area contributed by atoms with Gasteiger partial charge in [-0.3, -0.25) is 4.99 Å². The van der Waals surface area contributed by atoms with E-state index in [9.17, 15) is 0 Å². The van der Waals surface area contributed by atoms with Gasteiger partial charge in [-0.25, -0.2) is 4.98 Å². The van der Waals surface area contributed by atoms with Gasteiger partial charge in [0.25, 0.3) is 0 Å². The molecule has 7 heteroatoms. The lowest BCUT2D eigenvalue weighted by atomic mass is 9.94. The first-order chi connectivity index (χ1) is 11.3. The van der Waals surface area contributed by atoms with E-state index in [1.165, 1.54) is 0 Å².